The van der Waals surface area contributed by atoms with Crippen molar-refractivity contribution in [3.63, 3.8) is 0 Å². The zero-order chi connectivity index (χ0) is 17.3. The molecule has 2 aliphatic rings. The van der Waals surface area contributed by atoms with Gasteiger partial charge in [0.25, 0.3) is 5.56 Å². The Bertz CT molecular complexity index is 1140. The first-order valence-corrected chi connectivity index (χ1v) is 9.12. The Morgan fingerprint density at radius 1 is 1.31 bits per heavy atom. The zero-order valence-corrected chi connectivity index (χ0v) is 15.3. The summed E-state index contributed by atoms with van der Waals surface area (Å²) in [5, 5.41) is 0.259. The van der Waals surface area contributed by atoms with Crippen molar-refractivity contribution < 1.29 is 4.39 Å². The van der Waals surface area contributed by atoms with Gasteiger partial charge in [-0.2, -0.15) is 0 Å². The number of nitrogens with one attached hydrogen (secondary N) is 1. The molecule has 1 unspecified atom stereocenters. The van der Waals surface area contributed by atoms with Crippen molar-refractivity contribution in [3.8, 4) is 0 Å². The van der Waals surface area contributed by atoms with Gasteiger partial charge in [0, 0.05) is 25.2 Å². The van der Waals surface area contributed by atoms with Gasteiger partial charge in [-0.25, -0.2) is 9.37 Å². The number of nitrogens with two attached hydrogens (primary N) is 1. The number of aromatic amines is 1. The number of halogens is 2. The average Bonchev–Trinajstić information content (AvgIpc) is 3.21. The standard InChI is InChI=1S/C16H16FN5O2S.ClH/c17-10-5-9-12(23)11-15(24)20-25-16(11)22(8-1-2-8)13(9)19-14(10)21-4-3-7(18)6-21;/h5,7-8H,1-4,6,18H2,(H,20,24);1H. The molecule has 1 aliphatic carbocycles. The molecule has 3 aromatic rings. The van der Waals surface area contributed by atoms with Crippen molar-refractivity contribution >= 4 is 51.0 Å². The van der Waals surface area contributed by atoms with E-state index in [2.05, 4.69) is 9.36 Å². The van der Waals surface area contributed by atoms with Gasteiger partial charge in [0.2, 0.25) is 5.43 Å². The topological polar surface area (TPSA) is 97.0 Å². The number of fused-ring (bicyclic) bond motifs is 2. The highest BCUT2D eigenvalue weighted by Crippen LogP contribution is 2.40. The SMILES string of the molecule is Cl.NC1CCN(c2nc3c(cc2F)c(=O)c2c(=O)[nH]sc2n3C2CC2)C1. The fourth-order valence-corrected chi connectivity index (χ4v) is 4.50. The minimum Gasteiger partial charge on any atom is -0.353 e. The first-order valence-electron chi connectivity index (χ1n) is 8.31. The second-order valence-corrected chi connectivity index (χ2v) is 7.60. The summed E-state index contributed by atoms with van der Waals surface area (Å²) in [7, 11) is 0. The molecule has 0 amide bonds. The summed E-state index contributed by atoms with van der Waals surface area (Å²) < 4.78 is 19.2. The maximum absolute atomic E-state index is 14.7. The van der Waals surface area contributed by atoms with Gasteiger partial charge in [-0.05, 0) is 36.9 Å². The van der Waals surface area contributed by atoms with Crippen LogP contribution >= 0.6 is 23.9 Å². The molecule has 0 radical (unpaired) electrons. The van der Waals surface area contributed by atoms with Crippen LogP contribution < -0.4 is 21.6 Å². The van der Waals surface area contributed by atoms with Crippen molar-refractivity contribution in [3.05, 3.63) is 32.5 Å². The fraction of sp³-hybridized carbons (Fsp3) is 0.438. The molecule has 4 heterocycles. The van der Waals surface area contributed by atoms with Gasteiger partial charge < -0.3 is 15.2 Å². The van der Waals surface area contributed by atoms with Gasteiger partial charge in [-0.3, -0.25) is 14.0 Å². The predicted molar refractivity (Wildman–Crippen MR) is 102 cm³/mol. The molecule has 0 bridgehead atoms. The molecule has 26 heavy (non-hydrogen) atoms. The molecule has 138 valence electrons. The maximum atomic E-state index is 14.7. The highest BCUT2D eigenvalue weighted by molar-refractivity contribution is 7.12. The van der Waals surface area contributed by atoms with Crippen LogP contribution in [0.4, 0.5) is 10.2 Å². The second-order valence-electron chi connectivity index (χ2n) is 6.80. The summed E-state index contributed by atoms with van der Waals surface area (Å²) >= 11 is 1.14. The van der Waals surface area contributed by atoms with Crippen LogP contribution in [0.5, 0.6) is 0 Å². The largest absolute Gasteiger partial charge is 0.353 e. The molecular formula is C16H17ClFN5O2S. The third-order valence-corrected chi connectivity index (χ3v) is 5.86. The Balaban J connectivity index is 0.00000168. The molecule has 1 atom stereocenters. The van der Waals surface area contributed by atoms with Gasteiger partial charge in [-0.1, -0.05) is 0 Å². The van der Waals surface area contributed by atoms with E-state index in [1.807, 2.05) is 9.47 Å². The van der Waals surface area contributed by atoms with Gasteiger partial charge in [0.15, 0.2) is 11.6 Å². The Hall–Kier alpha value is -1.97. The van der Waals surface area contributed by atoms with Crippen molar-refractivity contribution in [2.24, 2.45) is 5.73 Å². The second kappa shape index (κ2) is 6.04. The van der Waals surface area contributed by atoms with Gasteiger partial charge >= 0.3 is 0 Å². The lowest BCUT2D eigenvalue weighted by Gasteiger charge is -2.19. The summed E-state index contributed by atoms with van der Waals surface area (Å²) in [6.45, 7) is 1.19. The van der Waals surface area contributed by atoms with Crippen molar-refractivity contribution in [1.82, 2.24) is 13.9 Å². The summed E-state index contributed by atoms with van der Waals surface area (Å²) in [5.74, 6) is -0.316. The van der Waals surface area contributed by atoms with Crippen LogP contribution in [0.3, 0.4) is 0 Å². The molecule has 3 aromatic heterocycles. The van der Waals surface area contributed by atoms with Crippen LogP contribution in [-0.2, 0) is 0 Å². The number of nitrogens with zero attached hydrogens (tertiary/aromatic N) is 3. The number of pyridine rings is 2. The number of H-pyrrole nitrogens is 1. The molecule has 5 rings (SSSR count). The third-order valence-electron chi connectivity index (χ3n) is 4.97. The van der Waals surface area contributed by atoms with Crippen LogP contribution in [0.25, 0.3) is 21.3 Å². The Kier molecular flexibility index (Phi) is 4.05. The third kappa shape index (κ3) is 2.45. The van der Waals surface area contributed by atoms with E-state index in [1.165, 1.54) is 6.07 Å². The summed E-state index contributed by atoms with van der Waals surface area (Å²) in [6.07, 6.45) is 2.71. The normalized spacial score (nSPS) is 20.1. The average molecular weight is 398 g/mol. The molecule has 0 spiro atoms. The van der Waals surface area contributed by atoms with Crippen LogP contribution in [0, 0.1) is 5.82 Å². The fourth-order valence-electron chi connectivity index (χ4n) is 3.59. The number of hydrogen-bond donors (Lipinski definition) is 2. The van der Waals surface area contributed by atoms with E-state index in [-0.39, 0.29) is 41.1 Å². The number of rotatable bonds is 2. The van der Waals surface area contributed by atoms with Gasteiger partial charge in [0.1, 0.15) is 15.9 Å². The Morgan fingerprint density at radius 3 is 2.73 bits per heavy atom. The summed E-state index contributed by atoms with van der Waals surface area (Å²) in [6, 6.07) is 1.42. The van der Waals surface area contributed by atoms with Crippen LogP contribution in [-0.4, -0.2) is 33.1 Å². The van der Waals surface area contributed by atoms with E-state index < -0.39 is 16.8 Å². The number of anilines is 1. The van der Waals surface area contributed by atoms with E-state index in [1.54, 1.807) is 0 Å². The predicted octanol–water partition coefficient (Wildman–Crippen LogP) is 1.73. The quantitative estimate of drug-likeness (QED) is 0.686. The molecule has 2 fully saturated rings. The molecule has 3 N–H and O–H groups in total. The molecule has 7 nitrogen and oxygen atoms in total. The molecular weight excluding hydrogens is 381 g/mol. The monoisotopic (exact) mass is 397 g/mol. The molecule has 1 saturated heterocycles. The van der Waals surface area contributed by atoms with Gasteiger partial charge in [-0.15, -0.1) is 12.4 Å². The lowest BCUT2D eigenvalue weighted by molar-refractivity contribution is 0.616. The first kappa shape index (κ1) is 17.4. The van der Waals surface area contributed by atoms with Crippen molar-refractivity contribution in [1.29, 1.82) is 0 Å². The van der Waals surface area contributed by atoms with E-state index in [4.69, 9.17) is 5.73 Å². The van der Waals surface area contributed by atoms with Gasteiger partial charge in [0.05, 0.1) is 5.39 Å². The number of hydrogen-bond acceptors (Lipinski definition) is 6. The molecule has 1 aliphatic heterocycles. The Morgan fingerprint density at radius 2 is 2.08 bits per heavy atom. The molecule has 10 heteroatoms. The first-order chi connectivity index (χ1) is 12.0. The lowest BCUT2D eigenvalue weighted by atomic mass is 10.2. The van der Waals surface area contributed by atoms with Crippen LogP contribution in [0.15, 0.2) is 15.7 Å². The van der Waals surface area contributed by atoms with Crippen molar-refractivity contribution in [2.75, 3.05) is 18.0 Å². The van der Waals surface area contributed by atoms with Crippen LogP contribution in [0.2, 0.25) is 0 Å². The van der Waals surface area contributed by atoms with Crippen LogP contribution in [0.1, 0.15) is 25.3 Å². The highest BCUT2D eigenvalue weighted by Gasteiger charge is 2.31. The minimum atomic E-state index is -0.549. The summed E-state index contributed by atoms with van der Waals surface area (Å²) in [4.78, 5) is 31.7. The highest BCUT2D eigenvalue weighted by atomic mass is 35.5. The number of aromatic nitrogens is 3. The van der Waals surface area contributed by atoms with E-state index in [9.17, 15) is 14.0 Å². The van der Waals surface area contributed by atoms with Crippen molar-refractivity contribution in [2.45, 2.75) is 31.3 Å². The Labute approximate surface area is 157 Å². The van der Waals surface area contributed by atoms with E-state index in [0.717, 1.165) is 30.8 Å². The minimum absolute atomic E-state index is 0. The lowest BCUT2D eigenvalue weighted by Crippen LogP contribution is -2.28. The smallest absolute Gasteiger partial charge is 0.271 e. The molecule has 0 aromatic carbocycles. The van der Waals surface area contributed by atoms with E-state index >= 15 is 0 Å². The van der Waals surface area contributed by atoms with E-state index in [0.29, 0.717) is 23.6 Å². The molecule has 1 saturated carbocycles. The maximum Gasteiger partial charge on any atom is 0.271 e. The summed E-state index contributed by atoms with van der Waals surface area (Å²) in [5.41, 5.74) is 5.50. The zero-order valence-electron chi connectivity index (χ0n) is 13.7.